The molecule has 0 spiro atoms. The fourth-order valence-electron chi connectivity index (χ4n) is 1.83. The summed E-state index contributed by atoms with van der Waals surface area (Å²) in [6.45, 7) is 1.73. The van der Waals surface area contributed by atoms with E-state index < -0.39 is 0 Å². The van der Waals surface area contributed by atoms with Crippen molar-refractivity contribution in [1.29, 1.82) is 0 Å². The van der Waals surface area contributed by atoms with Crippen molar-refractivity contribution >= 4 is 21.4 Å². The third kappa shape index (κ3) is 2.38. The molecule has 3 aromatic rings. The molecule has 4 heteroatoms. The van der Waals surface area contributed by atoms with Gasteiger partial charge >= 0.3 is 0 Å². The van der Waals surface area contributed by atoms with Crippen LogP contribution in [-0.4, -0.2) is 9.97 Å². The molecule has 0 saturated heterocycles. The van der Waals surface area contributed by atoms with Gasteiger partial charge in [-0.1, -0.05) is 18.2 Å². The van der Waals surface area contributed by atoms with Gasteiger partial charge in [0.25, 0.3) is 0 Å². The maximum absolute atomic E-state index is 3.99. The van der Waals surface area contributed by atoms with Gasteiger partial charge in [-0.25, -0.2) is 4.98 Å². The van der Waals surface area contributed by atoms with Gasteiger partial charge in [-0.2, -0.15) is 0 Å². The molecular formula is C13H13N3S. The number of nitrogens with zero attached hydrogens (tertiary/aromatic N) is 1. The second kappa shape index (κ2) is 4.69. The number of H-pyrrole nitrogens is 1. The minimum atomic E-state index is 0.828. The molecule has 0 aliphatic heterocycles. The fraction of sp³-hybridized carbons (Fsp3) is 0.154. The Morgan fingerprint density at radius 3 is 3.00 bits per heavy atom. The first kappa shape index (κ1) is 10.5. The molecule has 0 bridgehead atoms. The number of imidazole rings is 1. The summed E-state index contributed by atoms with van der Waals surface area (Å²) in [7, 11) is 0. The first-order valence-corrected chi connectivity index (χ1v) is 6.39. The van der Waals surface area contributed by atoms with Crippen molar-refractivity contribution in [3.05, 3.63) is 53.4 Å². The third-order valence-electron chi connectivity index (χ3n) is 2.65. The standard InChI is InChI=1S/C13H13N3S/c1-2-4-13-10(3-1)5-12(17-13)8-14-6-11-7-15-9-16-11/h1-5,7,9,14H,6,8H2,(H,15,16). The van der Waals surface area contributed by atoms with E-state index >= 15 is 0 Å². The van der Waals surface area contributed by atoms with Crippen molar-refractivity contribution in [2.45, 2.75) is 13.1 Å². The van der Waals surface area contributed by atoms with E-state index in [9.17, 15) is 0 Å². The summed E-state index contributed by atoms with van der Waals surface area (Å²) in [6.07, 6.45) is 3.55. The highest BCUT2D eigenvalue weighted by Gasteiger charge is 2.00. The lowest BCUT2D eigenvalue weighted by atomic mass is 10.2. The van der Waals surface area contributed by atoms with Crippen LogP contribution in [0.3, 0.4) is 0 Å². The van der Waals surface area contributed by atoms with Gasteiger partial charge in [0.15, 0.2) is 0 Å². The molecule has 2 heterocycles. The molecule has 0 aliphatic rings. The molecule has 0 saturated carbocycles. The van der Waals surface area contributed by atoms with Crippen LogP contribution in [-0.2, 0) is 13.1 Å². The van der Waals surface area contributed by atoms with E-state index in [1.54, 1.807) is 6.33 Å². The average Bonchev–Trinajstić information content (AvgIpc) is 2.96. The quantitative estimate of drug-likeness (QED) is 0.739. The van der Waals surface area contributed by atoms with Crippen molar-refractivity contribution in [2.24, 2.45) is 0 Å². The van der Waals surface area contributed by atoms with E-state index in [1.165, 1.54) is 15.0 Å². The SMILES string of the molecule is c1ccc2sc(CNCc3cnc[nH]3)cc2c1. The van der Waals surface area contributed by atoms with E-state index in [0.717, 1.165) is 18.8 Å². The Bertz CT molecular complexity index is 565. The number of aromatic nitrogens is 2. The van der Waals surface area contributed by atoms with Crippen molar-refractivity contribution < 1.29 is 0 Å². The number of thiophene rings is 1. The number of nitrogens with one attached hydrogen (secondary N) is 2. The van der Waals surface area contributed by atoms with Crippen molar-refractivity contribution in [1.82, 2.24) is 15.3 Å². The van der Waals surface area contributed by atoms with Crippen LogP contribution in [0.2, 0.25) is 0 Å². The molecule has 0 atom stereocenters. The molecule has 1 aromatic carbocycles. The molecule has 0 amide bonds. The molecule has 3 nitrogen and oxygen atoms in total. The van der Waals surface area contributed by atoms with Gasteiger partial charge in [-0.3, -0.25) is 0 Å². The smallest absolute Gasteiger partial charge is 0.0922 e. The molecule has 0 radical (unpaired) electrons. The van der Waals surface area contributed by atoms with E-state index in [0.29, 0.717) is 0 Å². The maximum atomic E-state index is 3.99. The minimum Gasteiger partial charge on any atom is -0.347 e. The summed E-state index contributed by atoms with van der Waals surface area (Å²) in [5.41, 5.74) is 1.12. The summed E-state index contributed by atoms with van der Waals surface area (Å²) >= 11 is 1.85. The fourth-order valence-corrected chi connectivity index (χ4v) is 2.86. The van der Waals surface area contributed by atoms with Crippen LogP contribution < -0.4 is 5.32 Å². The van der Waals surface area contributed by atoms with Crippen LogP contribution in [0.4, 0.5) is 0 Å². The predicted molar refractivity (Wildman–Crippen MR) is 71.0 cm³/mol. The summed E-state index contributed by atoms with van der Waals surface area (Å²) < 4.78 is 1.35. The summed E-state index contributed by atoms with van der Waals surface area (Å²) in [4.78, 5) is 8.44. The molecule has 17 heavy (non-hydrogen) atoms. The highest BCUT2D eigenvalue weighted by Crippen LogP contribution is 2.24. The number of benzene rings is 1. The van der Waals surface area contributed by atoms with Crippen LogP contribution >= 0.6 is 11.3 Å². The molecule has 0 fully saturated rings. The second-order valence-corrected chi connectivity index (χ2v) is 5.10. The molecule has 3 rings (SSSR count). The molecule has 0 aliphatic carbocycles. The monoisotopic (exact) mass is 243 g/mol. The molecule has 86 valence electrons. The lowest BCUT2D eigenvalue weighted by Crippen LogP contribution is -2.11. The van der Waals surface area contributed by atoms with Crippen molar-refractivity contribution in [3.63, 3.8) is 0 Å². The Kier molecular flexibility index (Phi) is 2.90. The van der Waals surface area contributed by atoms with E-state index in [1.807, 2.05) is 17.5 Å². The Labute approximate surface area is 104 Å². The van der Waals surface area contributed by atoms with Crippen LogP contribution in [0.1, 0.15) is 10.6 Å². The number of aromatic amines is 1. The van der Waals surface area contributed by atoms with E-state index in [2.05, 4.69) is 45.6 Å². The zero-order valence-electron chi connectivity index (χ0n) is 9.31. The maximum Gasteiger partial charge on any atom is 0.0922 e. The Morgan fingerprint density at radius 1 is 1.24 bits per heavy atom. The topological polar surface area (TPSA) is 40.7 Å². The lowest BCUT2D eigenvalue weighted by Gasteiger charge is -1.99. The summed E-state index contributed by atoms with van der Waals surface area (Å²) in [5, 5.41) is 4.73. The molecule has 2 aromatic heterocycles. The molecular weight excluding hydrogens is 230 g/mol. The Hall–Kier alpha value is -1.65. The van der Waals surface area contributed by atoms with E-state index in [-0.39, 0.29) is 0 Å². The van der Waals surface area contributed by atoms with Crippen LogP contribution in [0.5, 0.6) is 0 Å². The zero-order valence-corrected chi connectivity index (χ0v) is 10.1. The third-order valence-corrected chi connectivity index (χ3v) is 3.76. The average molecular weight is 243 g/mol. The van der Waals surface area contributed by atoms with E-state index in [4.69, 9.17) is 0 Å². The van der Waals surface area contributed by atoms with Gasteiger partial charge in [0.05, 0.1) is 6.33 Å². The summed E-state index contributed by atoms with van der Waals surface area (Å²) in [5.74, 6) is 0. The minimum absolute atomic E-state index is 0.828. The van der Waals surface area contributed by atoms with Gasteiger partial charge in [-0.15, -0.1) is 11.3 Å². The molecule has 0 unspecified atom stereocenters. The summed E-state index contributed by atoms with van der Waals surface area (Å²) in [6, 6.07) is 10.7. The number of hydrogen-bond donors (Lipinski definition) is 2. The van der Waals surface area contributed by atoms with Gasteiger partial charge in [0, 0.05) is 34.6 Å². The number of rotatable bonds is 4. The van der Waals surface area contributed by atoms with Crippen LogP contribution in [0.15, 0.2) is 42.9 Å². The van der Waals surface area contributed by atoms with Crippen LogP contribution in [0.25, 0.3) is 10.1 Å². The van der Waals surface area contributed by atoms with Crippen molar-refractivity contribution in [3.8, 4) is 0 Å². The zero-order chi connectivity index (χ0) is 11.5. The Morgan fingerprint density at radius 2 is 2.18 bits per heavy atom. The largest absolute Gasteiger partial charge is 0.347 e. The second-order valence-electron chi connectivity index (χ2n) is 3.93. The van der Waals surface area contributed by atoms with Gasteiger partial charge < -0.3 is 10.3 Å². The number of fused-ring (bicyclic) bond motifs is 1. The van der Waals surface area contributed by atoms with Crippen molar-refractivity contribution in [2.75, 3.05) is 0 Å². The Balaban J connectivity index is 1.65. The highest BCUT2D eigenvalue weighted by molar-refractivity contribution is 7.19. The van der Waals surface area contributed by atoms with Gasteiger partial charge in [0.2, 0.25) is 0 Å². The first-order valence-electron chi connectivity index (χ1n) is 5.57. The molecule has 2 N–H and O–H groups in total. The van der Waals surface area contributed by atoms with Gasteiger partial charge in [-0.05, 0) is 17.5 Å². The van der Waals surface area contributed by atoms with Gasteiger partial charge in [0.1, 0.15) is 0 Å². The predicted octanol–water partition coefficient (Wildman–Crippen LogP) is 2.91. The lowest BCUT2D eigenvalue weighted by molar-refractivity contribution is 0.689. The van der Waals surface area contributed by atoms with Crippen LogP contribution in [0, 0.1) is 0 Å². The normalized spacial score (nSPS) is 11.1. The number of hydrogen-bond acceptors (Lipinski definition) is 3. The highest BCUT2D eigenvalue weighted by atomic mass is 32.1. The first-order chi connectivity index (χ1) is 8.42.